The second-order valence-corrected chi connectivity index (χ2v) is 3.22. The second kappa shape index (κ2) is 4.85. The molecule has 2 atom stereocenters. The number of hydrogen-bond donors (Lipinski definition) is 2. The lowest BCUT2D eigenvalue weighted by Gasteiger charge is -2.12. The molecule has 1 aromatic rings. The Morgan fingerprint density at radius 3 is 2.69 bits per heavy atom. The molecule has 2 unspecified atom stereocenters. The molecule has 84 valence electrons. The summed E-state index contributed by atoms with van der Waals surface area (Å²) in [7, 11) is 0. The van der Waals surface area contributed by atoms with Gasteiger partial charge in [0.2, 0.25) is 0 Å². The van der Waals surface area contributed by atoms with Crippen molar-refractivity contribution < 1.29 is 15.1 Å². The summed E-state index contributed by atoms with van der Waals surface area (Å²) in [6.45, 7) is 0. The maximum atomic E-state index is 10.5. The molecule has 0 spiro atoms. The molecule has 0 radical (unpaired) electrons. The minimum Gasteiger partial charge on any atom is -0.384 e. The van der Waals surface area contributed by atoms with E-state index in [1.807, 2.05) is 0 Å². The number of pyridine rings is 1. The molecule has 1 rings (SSSR count). The summed E-state index contributed by atoms with van der Waals surface area (Å²) >= 11 is 5.64. The molecule has 0 aliphatic carbocycles. The maximum absolute atomic E-state index is 10.5. The van der Waals surface area contributed by atoms with E-state index in [9.17, 15) is 15.2 Å². The van der Waals surface area contributed by atoms with E-state index < -0.39 is 22.8 Å². The van der Waals surface area contributed by atoms with Gasteiger partial charge < -0.3 is 10.2 Å². The summed E-state index contributed by atoms with van der Waals surface area (Å²) < 4.78 is 0. The molecular weight excluding hydrogens is 238 g/mol. The van der Waals surface area contributed by atoms with Crippen LogP contribution in [0.1, 0.15) is 11.7 Å². The fourth-order valence-corrected chi connectivity index (χ4v) is 1.30. The predicted molar refractivity (Wildman–Crippen MR) is 52.5 cm³/mol. The van der Waals surface area contributed by atoms with E-state index in [4.69, 9.17) is 22.0 Å². The van der Waals surface area contributed by atoms with Crippen molar-refractivity contribution >= 4 is 17.3 Å². The molecule has 0 saturated carbocycles. The summed E-state index contributed by atoms with van der Waals surface area (Å²) in [4.78, 5) is 13.2. The van der Waals surface area contributed by atoms with E-state index in [0.717, 1.165) is 12.4 Å². The normalized spacial score (nSPS) is 13.9. The van der Waals surface area contributed by atoms with Gasteiger partial charge in [-0.05, 0) is 0 Å². The fraction of sp³-hybridized carbons (Fsp3) is 0.250. The quantitative estimate of drug-likeness (QED) is 0.455. The van der Waals surface area contributed by atoms with Crippen LogP contribution in [0, 0.1) is 21.4 Å². The molecule has 1 aromatic heterocycles. The summed E-state index contributed by atoms with van der Waals surface area (Å²) in [5.41, 5.74) is -0.659. The van der Waals surface area contributed by atoms with Crippen LogP contribution in [-0.2, 0) is 0 Å². The molecule has 2 N–H and O–H groups in total. The molecule has 8 heteroatoms. The van der Waals surface area contributed by atoms with E-state index >= 15 is 0 Å². The second-order valence-electron chi connectivity index (χ2n) is 2.84. The van der Waals surface area contributed by atoms with Crippen molar-refractivity contribution in [3.05, 3.63) is 33.1 Å². The average molecular weight is 244 g/mol. The third-order valence-corrected chi connectivity index (χ3v) is 2.25. The lowest BCUT2D eigenvalue weighted by molar-refractivity contribution is -0.385. The SMILES string of the molecule is N#CC(O)C(O)c1cncc([N+](=O)[O-])c1Cl. The number of nitriles is 1. The number of aromatic nitrogens is 1. The Morgan fingerprint density at radius 2 is 2.19 bits per heavy atom. The largest absolute Gasteiger partial charge is 0.384 e. The average Bonchev–Trinajstić information content (AvgIpc) is 2.27. The van der Waals surface area contributed by atoms with Crippen molar-refractivity contribution in [2.24, 2.45) is 0 Å². The number of aliphatic hydroxyl groups excluding tert-OH is 2. The number of aliphatic hydroxyl groups is 2. The smallest absolute Gasteiger partial charge is 0.306 e. The lowest BCUT2D eigenvalue weighted by atomic mass is 10.1. The first-order valence-electron chi connectivity index (χ1n) is 4.02. The van der Waals surface area contributed by atoms with Gasteiger partial charge in [0.1, 0.15) is 17.3 Å². The number of nitro groups is 1. The van der Waals surface area contributed by atoms with Gasteiger partial charge in [-0.2, -0.15) is 5.26 Å². The van der Waals surface area contributed by atoms with Crippen LogP contribution < -0.4 is 0 Å². The molecule has 0 aliphatic heterocycles. The van der Waals surface area contributed by atoms with Crippen molar-refractivity contribution in [3.8, 4) is 6.07 Å². The van der Waals surface area contributed by atoms with Gasteiger partial charge in [0.25, 0.3) is 0 Å². The highest BCUT2D eigenvalue weighted by Crippen LogP contribution is 2.31. The van der Waals surface area contributed by atoms with Crippen LogP contribution in [-0.4, -0.2) is 26.2 Å². The van der Waals surface area contributed by atoms with E-state index in [0.29, 0.717) is 0 Å². The van der Waals surface area contributed by atoms with Crippen molar-refractivity contribution in [1.29, 1.82) is 5.26 Å². The zero-order valence-corrected chi connectivity index (χ0v) is 8.50. The van der Waals surface area contributed by atoms with Crippen molar-refractivity contribution in [2.75, 3.05) is 0 Å². The Bertz CT molecular complexity index is 459. The lowest BCUT2D eigenvalue weighted by Crippen LogP contribution is -2.16. The van der Waals surface area contributed by atoms with Crippen LogP contribution in [0.5, 0.6) is 0 Å². The minimum absolute atomic E-state index is 0.162. The van der Waals surface area contributed by atoms with Crippen molar-refractivity contribution in [2.45, 2.75) is 12.2 Å². The third kappa shape index (κ3) is 2.25. The molecule has 0 amide bonds. The first kappa shape index (κ1) is 12.3. The first-order chi connectivity index (χ1) is 7.49. The number of rotatable bonds is 3. The van der Waals surface area contributed by atoms with Crippen LogP contribution in [0.2, 0.25) is 5.02 Å². The van der Waals surface area contributed by atoms with Crippen LogP contribution in [0.15, 0.2) is 12.4 Å². The van der Waals surface area contributed by atoms with Crippen LogP contribution in [0.25, 0.3) is 0 Å². The highest BCUT2D eigenvalue weighted by atomic mass is 35.5. The summed E-state index contributed by atoms with van der Waals surface area (Å²) in [5.74, 6) is 0. The Morgan fingerprint density at radius 1 is 1.56 bits per heavy atom. The molecule has 0 bridgehead atoms. The van der Waals surface area contributed by atoms with Crippen LogP contribution in [0.4, 0.5) is 5.69 Å². The number of halogens is 1. The molecular formula is C8H6ClN3O4. The Hall–Kier alpha value is -1.75. The van der Waals surface area contributed by atoms with E-state index in [1.54, 1.807) is 0 Å². The fourth-order valence-electron chi connectivity index (χ4n) is 1.02. The Balaban J connectivity index is 3.21. The summed E-state index contributed by atoms with van der Waals surface area (Å²) in [6, 6.07) is 1.39. The first-order valence-corrected chi connectivity index (χ1v) is 4.40. The van der Waals surface area contributed by atoms with Gasteiger partial charge in [0.15, 0.2) is 6.10 Å². The van der Waals surface area contributed by atoms with E-state index in [2.05, 4.69) is 4.98 Å². The van der Waals surface area contributed by atoms with Gasteiger partial charge in [0, 0.05) is 11.8 Å². The van der Waals surface area contributed by atoms with Gasteiger partial charge in [-0.25, -0.2) is 0 Å². The predicted octanol–water partition coefficient (Wildman–Crippen LogP) is 0.561. The molecule has 0 aromatic carbocycles. The Kier molecular flexibility index (Phi) is 3.73. The number of hydrogen-bond acceptors (Lipinski definition) is 6. The molecule has 1 heterocycles. The van der Waals surface area contributed by atoms with Crippen molar-refractivity contribution in [3.63, 3.8) is 0 Å². The van der Waals surface area contributed by atoms with Gasteiger partial charge in [-0.15, -0.1) is 0 Å². The zero-order chi connectivity index (χ0) is 12.3. The van der Waals surface area contributed by atoms with Crippen molar-refractivity contribution in [1.82, 2.24) is 4.98 Å². The summed E-state index contributed by atoms with van der Waals surface area (Å²) in [5, 5.41) is 37.1. The van der Waals surface area contributed by atoms with Crippen LogP contribution >= 0.6 is 11.6 Å². The molecule has 7 nitrogen and oxygen atoms in total. The maximum Gasteiger partial charge on any atom is 0.306 e. The Labute approximate surface area is 94.7 Å². The standard InChI is InChI=1S/C8H6ClN3O4/c9-7-4(8(14)6(13)1-10)2-11-3-5(7)12(15)16/h2-3,6,8,13-14H. The summed E-state index contributed by atoms with van der Waals surface area (Å²) in [6.07, 6.45) is -1.39. The highest BCUT2D eigenvalue weighted by Gasteiger charge is 2.25. The third-order valence-electron chi connectivity index (χ3n) is 1.84. The minimum atomic E-state index is -1.72. The van der Waals surface area contributed by atoms with Crippen LogP contribution in [0.3, 0.4) is 0 Å². The molecule has 0 aliphatic rings. The molecule has 0 saturated heterocycles. The topological polar surface area (TPSA) is 120 Å². The van der Waals surface area contributed by atoms with Gasteiger partial charge in [-0.3, -0.25) is 15.1 Å². The monoisotopic (exact) mass is 243 g/mol. The van der Waals surface area contributed by atoms with Gasteiger partial charge in [0.05, 0.1) is 11.0 Å². The van der Waals surface area contributed by atoms with Gasteiger partial charge in [-0.1, -0.05) is 11.6 Å². The molecule has 0 fully saturated rings. The number of nitrogens with zero attached hydrogens (tertiary/aromatic N) is 3. The molecule has 16 heavy (non-hydrogen) atoms. The zero-order valence-electron chi connectivity index (χ0n) is 7.74. The highest BCUT2D eigenvalue weighted by molar-refractivity contribution is 6.33. The van der Waals surface area contributed by atoms with E-state index in [-0.39, 0.29) is 10.6 Å². The van der Waals surface area contributed by atoms with Gasteiger partial charge >= 0.3 is 5.69 Å². The van der Waals surface area contributed by atoms with E-state index in [1.165, 1.54) is 6.07 Å².